The highest BCUT2D eigenvalue weighted by molar-refractivity contribution is 6.05. The van der Waals surface area contributed by atoms with Crippen molar-refractivity contribution in [3.63, 3.8) is 0 Å². The van der Waals surface area contributed by atoms with Gasteiger partial charge in [-0.05, 0) is 32.1 Å². The van der Waals surface area contributed by atoms with Crippen LogP contribution in [-0.2, 0) is 58.9 Å². The van der Waals surface area contributed by atoms with Crippen molar-refractivity contribution in [1.82, 2.24) is 0 Å². The molecule has 3 heterocycles. The van der Waals surface area contributed by atoms with Gasteiger partial charge in [0.25, 0.3) is 0 Å². The van der Waals surface area contributed by atoms with E-state index in [0.717, 1.165) is 12.4 Å². The Bertz CT molecular complexity index is 1040. The Balaban J connectivity index is 0.000000320. The van der Waals surface area contributed by atoms with Crippen LogP contribution in [0.1, 0.15) is 19.6 Å². The van der Waals surface area contributed by atoms with Gasteiger partial charge in [-0.15, -0.1) is 0 Å². The molecule has 0 saturated heterocycles. The van der Waals surface area contributed by atoms with Crippen molar-refractivity contribution in [2.24, 2.45) is 0 Å². The molecular weight excluding hydrogens is 504 g/mol. The van der Waals surface area contributed by atoms with Crippen LogP contribution in [0, 0.1) is 11.8 Å². The van der Waals surface area contributed by atoms with E-state index in [0.29, 0.717) is 13.2 Å². The van der Waals surface area contributed by atoms with Crippen LogP contribution >= 0.6 is 0 Å². The lowest BCUT2D eigenvalue weighted by Gasteiger charge is -2.24. The molecule has 208 valence electrons. The standard InChI is InChI=1S/C13H16O6.C7H10O2.C6H6O4/c1-4-18-7-13-6-5-8(19-13)9(11(14)16-2)10(13)12(15)17-3;1-2-8-6-7-4-3-5-9-7;1-9-5(7)3-4-6(8)10-2/h5-6,8H,4,7H2,1-3H3;3-5H,2,6H2,1H3;1-2H3/t8-,13-;;/m0../s1. The zero-order valence-corrected chi connectivity index (χ0v) is 22.2. The molecular formula is C26H32O12. The molecule has 12 nitrogen and oxygen atoms in total. The number of esters is 4. The van der Waals surface area contributed by atoms with Crippen LogP contribution < -0.4 is 0 Å². The van der Waals surface area contributed by atoms with Crippen molar-refractivity contribution in [2.75, 3.05) is 48.3 Å². The Morgan fingerprint density at radius 2 is 1.50 bits per heavy atom. The summed E-state index contributed by atoms with van der Waals surface area (Å²) < 4.78 is 38.9. The molecule has 0 fully saturated rings. The van der Waals surface area contributed by atoms with E-state index in [2.05, 4.69) is 9.47 Å². The third-order valence-corrected chi connectivity index (χ3v) is 4.84. The molecule has 0 N–H and O–H groups in total. The lowest BCUT2D eigenvalue weighted by atomic mass is 9.87. The van der Waals surface area contributed by atoms with Gasteiger partial charge in [0.15, 0.2) is 0 Å². The van der Waals surface area contributed by atoms with Gasteiger partial charge in [-0.25, -0.2) is 19.2 Å². The summed E-state index contributed by atoms with van der Waals surface area (Å²) in [6.45, 7) is 5.75. The summed E-state index contributed by atoms with van der Waals surface area (Å²) in [5.41, 5.74) is -0.684. The first-order chi connectivity index (χ1) is 18.2. The molecule has 2 aliphatic rings. The van der Waals surface area contributed by atoms with Crippen LogP contribution in [0.2, 0.25) is 0 Å². The van der Waals surface area contributed by atoms with E-state index in [9.17, 15) is 19.2 Å². The predicted octanol–water partition coefficient (Wildman–Crippen LogP) is 1.52. The number of carbonyl (C=O) groups excluding carboxylic acids is 4. The van der Waals surface area contributed by atoms with Crippen molar-refractivity contribution in [1.29, 1.82) is 0 Å². The highest BCUT2D eigenvalue weighted by atomic mass is 16.6. The molecule has 0 amide bonds. The molecule has 3 rings (SSSR count). The molecule has 0 aliphatic carbocycles. The van der Waals surface area contributed by atoms with Gasteiger partial charge in [0.1, 0.15) is 24.1 Å². The van der Waals surface area contributed by atoms with E-state index < -0.39 is 35.6 Å². The van der Waals surface area contributed by atoms with Crippen molar-refractivity contribution < 1.29 is 56.8 Å². The summed E-state index contributed by atoms with van der Waals surface area (Å²) in [5, 5.41) is 0. The highest BCUT2D eigenvalue weighted by Gasteiger charge is 2.54. The number of rotatable bonds is 8. The molecule has 2 atom stereocenters. The molecule has 2 bridgehead atoms. The summed E-state index contributed by atoms with van der Waals surface area (Å²) in [6.07, 6.45) is 4.51. The first-order valence-electron chi connectivity index (χ1n) is 11.4. The number of fused-ring (bicyclic) bond motifs is 2. The summed E-state index contributed by atoms with van der Waals surface area (Å²) in [5.74, 6) is 1.97. The average molecular weight is 537 g/mol. The second kappa shape index (κ2) is 16.8. The molecule has 1 aromatic rings. The molecule has 0 spiro atoms. The SMILES string of the molecule is CCOC[C@]12C=C[C@H](O1)C(C(=O)OC)=C2C(=O)OC.CCOCc1ccco1.COC(=O)C#CC(=O)OC. The minimum absolute atomic E-state index is 0.154. The molecule has 0 unspecified atom stereocenters. The largest absolute Gasteiger partial charge is 0.467 e. The Labute approximate surface area is 220 Å². The Hall–Kier alpha value is -3.92. The second-order valence-electron chi connectivity index (χ2n) is 7.15. The van der Waals surface area contributed by atoms with E-state index in [-0.39, 0.29) is 17.8 Å². The molecule has 2 aliphatic heterocycles. The smallest absolute Gasteiger partial charge is 0.384 e. The first kappa shape index (κ1) is 32.1. The zero-order chi connectivity index (χ0) is 28.6. The first-order valence-corrected chi connectivity index (χ1v) is 11.4. The van der Waals surface area contributed by atoms with Crippen LogP contribution in [-0.4, -0.2) is 83.8 Å². The van der Waals surface area contributed by atoms with Gasteiger partial charge >= 0.3 is 23.9 Å². The minimum Gasteiger partial charge on any atom is -0.467 e. The summed E-state index contributed by atoms with van der Waals surface area (Å²) in [6, 6.07) is 3.75. The number of ether oxygens (including phenoxy) is 7. The van der Waals surface area contributed by atoms with Crippen LogP contribution in [0.3, 0.4) is 0 Å². The Kier molecular flexibility index (Phi) is 14.2. The topological polar surface area (TPSA) is 146 Å². The molecule has 0 saturated carbocycles. The maximum atomic E-state index is 11.9. The molecule has 0 aromatic carbocycles. The fraction of sp³-hybridized carbons (Fsp3) is 0.462. The number of hydrogen-bond donors (Lipinski definition) is 0. The van der Waals surface area contributed by atoms with Gasteiger partial charge in [0.05, 0.1) is 52.5 Å². The van der Waals surface area contributed by atoms with Crippen molar-refractivity contribution >= 4 is 23.9 Å². The molecule has 1 aromatic heterocycles. The highest BCUT2D eigenvalue weighted by Crippen LogP contribution is 2.44. The lowest BCUT2D eigenvalue weighted by Crippen LogP contribution is -2.37. The number of furan rings is 1. The maximum Gasteiger partial charge on any atom is 0.384 e. The zero-order valence-electron chi connectivity index (χ0n) is 22.2. The molecule has 38 heavy (non-hydrogen) atoms. The fourth-order valence-corrected chi connectivity index (χ4v) is 3.14. The van der Waals surface area contributed by atoms with Gasteiger partial charge < -0.3 is 37.6 Å². The Morgan fingerprint density at radius 3 is 1.97 bits per heavy atom. The number of methoxy groups -OCH3 is 4. The van der Waals surface area contributed by atoms with Gasteiger partial charge in [0.2, 0.25) is 0 Å². The maximum absolute atomic E-state index is 11.9. The monoisotopic (exact) mass is 536 g/mol. The van der Waals surface area contributed by atoms with Gasteiger partial charge in [-0.3, -0.25) is 0 Å². The average Bonchev–Trinajstić information content (AvgIpc) is 3.69. The van der Waals surface area contributed by atoms with E-state index in [1.54, 1.807) is 18.4 Å². The quantitative estimate of drug-likeness (QED) is 0.156. The van der Waals surface area contributed by atoms with Crippen LogP contribution in [0.5, 0.6) is 0 Å². The van der Waals surface area contributed by atoms with Crippen LogP contribution in [0.25, 0.3) is 0 Å². The predicted molar refractivity (Wildman–Crippen MR) is 130 cm³/mol. The molecule has 12 heteroatoms. The number of carbonyl (C=O) groups is 4. The van der Waals surface area contributed by atoms with Crippen molar-refractivity contribution in [2.45, 2.75) is 32.2 Å². The van der Waals surface area contributed by atoms with E-state index in [1.807, 2.05) is 37.8 Å². The van der Waals surface area contributed by atoms with Gasteiger partial charge in [0, 0.05) is 25.1 Å². The van der Waals surface area contributed by atoms with E-state index in [4.69, 9.17) is 28.1 Å². The summed E-state index contributed by atoms with van der Waals surface area (Å²) in [7, 11) is 4.87. The van der Waals surface area contributed by atoms with E-state index >= 15 is 0 Å². The van der Waals surface area contributed by atoms with Crippen LogP contribution in [0.15, 0.2) is 46.1 Å². The van der Waals surface area contributed by atoms with Gasteiger partial charge in [-0.1, -0.05) is 6.08 Å². The summed E-state index contributed by atoms with van der Waals surface area (Å²) in [4.78, 5) is 44.2. The fourth-order valence-electron chi connectivity index (χ4n) is 3.14. The normalized spacial score (nSPS) is 18.1. The minimum atomic E-state index is -1.04. The molecule has 0 radical (unpaired) electrons. The third-order valence-electron chi connectivity index (χ3n) is 4.84. The second-order valence-corrected chi connectivity index (χ2v) is 7.15. The van der Waals surface area contributed by atoms with Crippen LogP contribution in [0.4, 0.5) is 0 Å². The number of hydrogen-bond acceptors (Lipinski definition) is 12. The Morgan fingerprint density at radius 1 is 0.895 bits per heavy atom. The van der Waals surface area contributed by atoms with Gasteiger partial charge in [-0.2, -0.15) is 0 Å². The summed E-state index contributed by atoms with van der Waals surface area (Å²) >= 11 is 0. The third kappa shape index (κ3) is 9.19. The lowest BCUT2D eigenvalue weighted by molar-refractivity contribution is -0.140. The van der Waals surface area contributed by atoms with Crippen molar-refractivity contribution in [3.05, 3.63) is 47.5 Å². The van der Waals surface area contributed by atoms with Crippen molar-refractivity contribution in [3.8, 4) is 11.8 Å². The van der Waals surface area contributed by atoms with E-state index in [1.165, 1.54) is 28.4 Å².